The van der Waals surface area contributed by atoms with Gasteiger partial charge in [-0.05, 0) is 25.3 Å². The zero-order valence-corrected chi connectivity index (χ0v) is 15.6. The minimum absolute atomic E-state index is 0. The van der Waals surface area contributed by atoms with Crippen molar-refractivity contribution in [2.24, 2.45) is 5.73 Å². The lowest BCUT2D eigenvalue weighted by atomic mass is 9.94. The number of halogens is 1. The number of amides is 1. The first kappa shape index (κ1) is 20.9. The first-order valence-corrected chi connectivity index (χ1v) is 9.00. The maximum atomic E-state index is 12.8. The van der Waals surface area contributed by atoms with Crippen molar-refractivity contribution < 1.29 is 4.79 Å². The van der Waals surface area contributed by atoms with E-state index in [-0.39, 0.29) is 18.3 Å². The first-order valence-electron chi connectivity index (χ1n) is 9.00. The molecule has 2 N–H and O–H groups in total. The van der Waals surface area contributed by atoms with Gasteiger partial charge < -0.3 is 10.6 Å². The molecule has 0 aliphatic heterocycles. The molecule has 1 aliphatic rings. The van der Waals surface area contributed by atoms with Crippen LogP contribution in [0.1, 0.15) is 44.6 Å². The summed E-state index contributed by atoms with van der Waals surface area (Å²) >= 11 is 0. The fourth-order valence-corrected chi connectivity index (χ4v) is 3.55. The van der Waals surface area contributed by atoms with Gasteiger partial charge in [-0.15, -0.1) is 12.4 Å². The summed E-state index contributed by atoms with van der Waals surface area (Å²) in [6, 6.07) is 10.7. The molecule has 0 bridgehead atoms. The molecule has 0 saturated heterocycles. The number of hydrogen-bond acceptors (Lipinski definition) is 3. The molecule has 0 aromatic heterocycles. The zero-order chi connectivity index (χ0) is 16.5. The molecule has 1 aromatic rings. The average Bonchev–Trinajstić information content (AvgIpc) is 2.57. The van der Waals surface area contributed by atoms with Crippen LogP contribution >= 0.6 is 12.4 Å². The molecular weight excluding hydrogens is 322 g/mol. The second kappa shape index (κ2) is 11.5. The van der Waals surface area contributed by atoms with Crippen molar-refractivity contribution in [1.29, 1.82) is 0 Å². The van der Waals surface area contributed by atoms with Gasteiger partial charge in [-0.3, -0.25) is 9.69 Å². The third kappa shape index (κ3) is 6.42. The Bertz CT molecular complexity index is 463. The lowest BCUT2D eigenvalue weighted by Crippen LogP contribution is -2.46. The predicted molar refractivity (Wildman–Crippen MR) is 102 cm³/mol. The second-order valence-corrected chi connectivity index (χ2v) is 6.46. The van der Waals surface area contributed by atoms with E-state index in [1.54, 1.807) is 0 Å². The molecule has 1 saturated carbocycles. The van der Waals surface area contributed by atoms with Crippen LogP contribution in [0, 0.1) is 0 Å². The molecule has 1 amide bonds. The second-order valence-electron chi connectivity index (χ2n) is 6.46. The van der Waals surface area contributed by atoms with Crippen LogP contribution in [0.3, 0.4) is 0 Å². The number of carbonyl (C=O) groups is 1. The molecule has 1 aliphatic carbocycles. The molecule has 5 heteroatoms. The highest BCUT2D eigenvalue weighted by Gasteiger charge is 2.25. The molecule has 0 heterocycles. The molecule has 0 atom stereocenters. The number of likely N-dealkylation sites (N-methyl/N-ethyl adjacent to an activating group) is 1. The number of carbonyl (C=O) groups excluding carboxylic acids is 1. The fourth-order valence-electron chi connectivity index (χ4n) is 3.55. The van der Waals surface area contributed by atoms with E-state index in [9.17, 15) is 4.79 Å². The van der Waals surface area contributed by atoms with Gasteiger partial charge in [0.15, 0.2) is 0 Å². The smallest absolute Gasteiger partial charge is 0.236 e. The van der Waals surface area contributed by atoms with E-state index in [1.165, 1.54) is 24.8 Å². The normalized spacial score (nSPS) is 15.1. The van der Waals surface area contributed by atoms with E-state index < -0.39 is 0 Å². The number of rotatable bonds is 8. The van der Waals surface area contributed by atoms with E-state index in [2.05, 4.69) is 28.9 Å². The quantitative estimate of drug-likeness (QED) is 0.781. The van der Waals surface area contributed by atoms with Crippen LogP contribution < -0.4 is 5.73 Å². The highest BCUT2D eigenvalue weighted by molar-refractivity contribution is 5.85. The van der Waals surface area contributed by atoms with Crippen molar-refractivity contribution in [3.8, 4) is 0 Å². The van der Waals surface area contributed by atoms with Gasteiger partial charge in [0, 0.05) is 32.2 Å². The molecule has 136 valence electrons. The summed E-state index contributed by atoms with van der Waals surface area (Å²) in [5.41, 5.74) is 6.97. The van der Waals surface area contributed by atoms with E-state index in [1.807, 2.05) is 18.2 Å². The molecule has 1 fully saturated rings. The molecule has 0 unspecified atom stereocenters. The molecule has 2 rings (SSSR count). The van der Waals surface area contributed by atoms with Crippen LogP contribution in [0.5, 0.6) is 0 Å². The third-order valence-electron chi connectivity index (χ3n) is 4.73. The van der Waals surface area contributed by atoms with Gasteiger partial charge in [-0.25, -0.2) is 0 Å². The summed E-state index contributed by atoms with van der Waals surface area (Å²) in [5.74, 6) is 0.254. The first-order chi connectivity index (χ1) is 11.2. The highest BCUT2D eigenvalue weighted by atomic mass is 35.5. The van der Waals surface area contributed by atoms with E-state index >= 15 is 0 Å². The largest absolute Gasteiger partial charge is 0.339 e. The topological polar surface area (TPSA) is 49.6 Å². The van der Waals surface area contributed by atoms with Gasteiger partial charge in [0.2, 0.25) is 5.91 Å². The number of nitrogens with zero attached hydrogens (tertiary/aromatic N) is 2. The maximum Gasteiger partial charge on any atom is 0.236 e. The SMILES string of the molecule is CCN(C(=O)CN(CCN)Cc1ccccc1)C1CCCCC1.Cl. The Morgan fingerprint density at radius 2 is 1.83 bits per heavy atom. The fraction of sp³-hybridized carbons (Fsp3) is 0.632. The van der Waals surface area contributed by atoms with Crippen LogP contribution in [-0.2, 0) is 11.3 Å². The van der Waals surface area contributed by atoms with Gasteiger partial charge in [0.25, 0.3) is 0 Å². The van der Waals surface area contributed by atoms with E-state index in [0.717, 1.165) is 32.5 Å². The van der Waals surface area contributed by atoms with Crippen molar-refractivity contribution in [2.75, 3.05) is 26.2 Å². The summed E-state index contributed by atoms with van der Waals surface area (Å²) in [7, 11) is 0. The Morgan fingerprint density at radius 3 is 2.42 bits per heavy atom. The Kier molecular flexibility index (Phi) is 9.99. The molecule has 0 spiro atoms. The van der Waals surface area contributed by atoms with Crippen LogP contribution in [0.15, 0.2) is 30.3 Å². The van der Waals surface area contributed by atoms with Gasteiger partial charge >= 0.3 is 0 Å². The standard InChI is InChI=1S/C19H31N3O.ClH/c1-2-22(18-11-7-4-8-12-18)19(23)16-21(14-13-20)15-17-9-5-3-6-10-17;/h3,5-6,9-10,18H,2,4,7-8,11-16,20H2,1H3;1H. The average molecular weight is 354 g/mol. The summed E-state index contributed by atoms with van der Waals surface area (Å²) < 4.78 is 0. The number of nitrogens with two attached hydrogens (primary N) is 1. The van der Waals surface area contributed by atoms with Crippen LogP contribution in [0.4, 0.5) is 0 Å². The lowest BCUT2D eigenvalue weighted by molar-refractivity contribution is -0.135. The van der Waals surface area contributed by atoms with Crippen molar-refractivity contribution in [3.63, 3.8) is 0 Å². The van der Waals surface area contributed by atoms with Crippen molar-refractivity contribution >= 4 is 18.3 Å². The number of benzene rings is 1. The summed E-state index contributed by atoms with van der Waals surface area (Å²) in [6.45, 7) is 5.49. The van der Waals surface area contributed by atoms with Crippen LogP contribution in [0.2, 0.25) is 0 Å². The summed E-state index contributed by atoms with van der Waals surface area (Å²) in [5, 5.41) is 0. The van der Waals surface area contributed by atoms with E-state index in [4.69, 9.17) is 5.73 Å². The molecule has 24 heavy (non-hydrogen) atoms. The molecule has 4 nitrogen and oxygen atoms in total. The third-order valence-corrected chi connectivity index (χ3v) is 4.73. The van der Waals surface area contributed by atoms with Crippen molar-refractivity contribution in [2.45, 2.75) is 51.6 Å². The summed E-state index contributed by atoms with van der Waals surface area (Å²) in [6.07, 6.45) is 6.15. The van der Waals surface area contributed by atoms with Gasteiger partial charge in [-0.1, -0.05) is 49.6 Å². The Hall–Kier alpha value is -1.10. The van der Waals surface area contributed by atoms with Crippen molar-refractivity contribution in [1.82, 2.24) is 9.80 Å². The predicted octanol–water partition coefficient (Wildman–Crippen LogP) is 3.05. The Balaban J connectivity index is 0.00000288. The van der Waals surface area contributed by atoms with Gasteiger partial charge in [0.05, 0.1) is 6.54 Å². The molecule has 0 radical (unpaired) electrons. The van der Waals surface area contributed by atoms with Gasteiger partial charge in [-0.2, -0.15) is 0 Å². The van der Waals surface area contributed by atoms with Crippen molar-refractivity contribution in [3.05, 3.63) is 35.9 Å². The minimum Gasteiger partial charge on any atom is -0.339 e. The highest BCUT2D eigenvalue weighted by Crippen LogP contribution is 2.22. The molecular formula is C19H32ClN3O. The Morgan fingerprint density at radius 1 is 1.17 bits per heavy atom. The Labute approximate surface area is 152 Å². The maximum absolute atomic E-state index is 12.8. The zero-order valence-electron chi connectivity index (χ0n) is 14.8. The number of hydrogen-bond donors (Lipinski definition) is 1. The minimum atomic E-state index is 0. The van der Waals surface area contributed by atoms with Gasteiger partial charge in [0.1, 0.15) is 0 Å². The summed E-state index contributed by atoms with van der Waals surface area (Å²) in [4.78, 5) is 17.1. The van der Waals surface area contributed by atoms with Crippen LogP contribution in [-0.4, -0.2) is 47.9 Å². The lowest BCUT2D eigenvalue weighted by Gasteiger charge is -2.35. The van der Waals surface area contributed by atoms with E-state index in [0.29, 0.717) is 19.1 Å². The van der Waals surface area contributed by atoms with Crippen LogP contribution in [0.25, 0.3) is 0 Å². The monoisotopic (exact) mass is 353 g/mol. The molecule has 1 aromatic carbocycles.